The van der Waals surface area contributed by atoms with Crippen LogP contribution in [0.2, 0.25) is 0 Å². The summed E-state index contributed by atoms with van der Waals surface area (Å²) in [5, 5.41) is 1.19. The van der Waals surface area contributed by atoms with E-state index in [1.807, 2.05) is 48.9 Å². The number of aromatic nitrogens is 3. The zero-order valence-electron chi connectivity index (χ0n) is 19.9. The molecule has 2 aliphatic heterocycles. The van der Waals surface area contributed by atoms with Gasteiger partial charge in [-0.3, -0.25) is 9.88 Å². The molecule has 0 N–H and O–H groups in total. The van der Waals surface area contributed by atoms with E-state index in [1.165, 1.54) is 36.6 Å². The van der Waals surface area contributed by atoms with Crippen molar-refractivity contribution in [3.63, 3.8) is 0 Å². The van der Waals surface area contributed by atoms with E-state index in [4.69, 9.17) is 9.72 Å². The Bertz CT molecular complexity index is 1320. The average molecular weight is 468 g/mol. The van der Waals surface area contributed by atoms with Crippen LogP contribution in [0, 0.1) is 0 Å². The molecule has 0 aliphatic carbocycles. The van der Waals surface area contributed by atoms with Crippen molar-refractivity contribution in [3.8, 4) is 0 Å². The largest absolute Gasteiger partial charge is 0.465 e. The molecule has 0 unspecified atom stereocenters. The number of pyridine rings is 2. The van der Waals surface area contributed by atoms with Crippen molar-refractivity contribution in [2.75, 3.05) is 25.1 Å². The highest BCUT2D eigenvalue weighted by atomic mass is 16.5. The molecule has 0 spiro atoms. The number of carbonyl (C=O) groups is 1. The quantitative estimate of drug-likeness (QED) is 0.398. The molecule has 0 saturated carbocycles. The monoisotopic (exact) mass is 467 g/mol. The van der Waals surface area contributed by atoms with Crippen LogP contribution < -0.4 is 4.90 Å². The summed E-state index contributed by atoms with van der Waals surface area (Å²) in [6.07, 6.45) is 10.4. The van der Waals surface area contributed by atoms with Gasteiger partial charge in [0.05, 0.1) is 12.7 Å². The number of nitrogens with zero attached hydrogens (tertiary/aromatic N) is 5. The van der Waals surface area contributed by atoms with Crippen molar-refractivity contribution in [1.29, 1.82) is 0 Å². The average Bonchev–Trinajstić information content (AvgIpc) is 3.40. The number of esters is 1. The molecule has 2 saturated heterocycles. The number of piperazine rings is 1. The van der Waals surface area contributed by atoms with Gasteiger partial charge in [0.2, 0.25) is 0 Å². The van der Waals surface area contributed by atoms with E-state index in [2.05, 4.69) is 43.7 Å². The Morgan fingerprint density at radius 3 is 2.49 bits per heavy atom. The Morgan fingerprint density at radius 2 is 1.77 bits per heavy atom. The molecule has 1 aromatic carbocycles. The maximum atomic E-state index is 11.7. The van der Waals surface area contributed by atoms with E-state index in [0.717, 1.165) is 30.8 Å². The van der Waals surface area contributed by atoms with Gasteiger partial charge in [-0.15, -0.1) is 0 Å². The van der Waals surface area contributed by atoms with Crippen molar-refractivity contribution in [3.05, 3.63) is 90.0 Å². The summed E-state index contributed by atoms with van der Waals surface area (Å²) >= 11 is 0. The number of methoxy groups -OCH3 is 1. The fourth-order valence-electron chi connectivity index (χ4n) is 5.69. The summed E-state index contributed by atoms with van der Waals surface area (Å²) in [5.41, 5.74) is 5.23. The van der Waals surface area contributed by atoms with Gasteiger partial charge in [0.1, 0.15) is 5.65 Å². The van der Waals surface area contributed by atoms with E-state index in [-0.39, 0.29) is 5.97 Å². The lowest BCUT2D eigenvalue weighted by atomic mass is 10.1. The van der Waals surface area contributed by atoms with E-state index in [1.54, 1.807) is 0 Å². The number of ether oxygens (including phenoxy) is 1. The Morgan fingerprint density at radius 1 is 0.971 bits per heavy atom. The van der Waals surface area contributed by atoms with Gasteiger partial charge >= 0.3 is 5.97 Å². The maximum absolute atomic E-state index is 11.7. The predicted molar refractivity (Wildman–Crippen MR) is 135 cm³/mol. The zero-order valence-corrected chi connectivity index (χ0v) is 19.9. The summed E-state index contributed by atoms with van der Waals surface area (Å²) in [7, 11) is 1.40. The Labute approximate surface area is 205 Å². The second-order valence-electron chi connectivity index (χ2n) is 9.52. The first-order chi connectivity index (χ1) is 17.2. The van der Waals surface area contributed by atoms with Gasteiger partial charge in [-0.25, -0.2) is 9.78 Å². The van der Waals surface area contributed by atoms with Gasteiger partial charge in [-0.1, -0.05) is 18.2 Å². The zero-order chi connectivity index (χ0) is 23.8. The molecule has 0 amide bonds. The van der Waals surface area contributed by atoms with Gasteiger partial charge in [0.15, 0.2) is 0 Å². The van der Waals surface area contributed by atoms with E-state index in [0.29, 0.717) is 24.2 Å². The van der Waals surface area contributed by atoms with E-state index >= 15 is 0 Å². The minimum atomic E-state index is -0.316. The maximum Gasteiger partial charge on any atom is 0.337 e. The number of rotatable bonds is 6. The van der Waals surface area contributed by atoms with Crippen LogP contribution in [-0.2, 0) is 17.8 Å². The smallest absolute Gasteiger partial charge is 0.337 e. The highest BCUT2D eigenvalue weighted by molar-refractivity contribution is 5.91. The van der Waals surface area contributed by atoms with Crippen LogP contribution >= 0.6 is 0 Å². The lowest BCUT2D eigenvalue weighted by Crippen LogP contribution is -2.53. The highest BCUT2D eigenvalue weighted by Gasteiger charge is 2.40. The first-order valence-electron chi connectivity index (χ1n) is 12.2. The summed E-state index contributed by atoms with van der Waals surface area (Å²) < 4.78 is 6.98. The van der Waals surface area contributed by atoms with Crippen molar-refractivity contribution < 1.29 is 9.53 Å². The molecular weight excluding hydrogens is 438 g/mol. The third kappa shape index (κ3) is 4.17. The predicted octanol–water partition coefficient (Wildman–Crippen LogP) is 4.12. The van der Waals surface area contributed by atoms with Gasteiger partial charge in [-0.2, -0.15) is 0 Å². The van der Waals surface area contributed by atoms with Crippen molar-refractivity contribution in [1.82, 2.24) is 19.4 Å². The molecule has 0 radical (unpaired) electrons. The van der Waals surface area contributed by atoms with Gasteiger partial charge in [0.25, 0.3) is 0 Å². The summed E-state index contributed by atoms with van der Waals surface area (Å²) in [6.45, 7) is 3.76. The number of carbonyl (C=O) groups excluding carboxylic acids is 1. The standard InChI is InChI=1S/C28H29N5O2/c1-35-28(34)22-6-4-20(5-7-22)16-31-14-11-25-26(10-13-30-27(25)31)32-18-23-8-9-24(19-32)33(23)17-21-3-2-12-29-15-21/h2-7,10-15,23-24H,8-9,16-19H2,1H3/t23-,24+. The molecule has 7 nitrogen and oxygen atoms in total. The third-order valence-electron chi connectivity index (χ3n) is 7.43. The van der Waals surface area contributed by atoms with Gasteiger partial charge in [0, 0.05) is 74.1 Å². The lowest BCUT2D eigenvalue weighted by Gasteiger charge is -2.42. The van der Waals surface area contributed by atoms with Gasteiger partial charge in [-0.05, 0) is 54.3 Å². The normalized spacial score (nSPS) is 19.9. The van der Waals surface area contributed by atoms with Crippen LogP contribution in [0.1, 0.15) is 34.3 Å². The molecule has 2 aliphatic rings. The summed E-state index contributed by atoms with van der Waals surface area (Å²) in [4.78, 5) is 26.0. The van der Waals surface area contributed by atoms with Crippen molar-refractivity contribution >= 4 is 22.7 Å². The third-order valence-corrected chi connectivity index (χ3v) is 7.43. The molecule has 2 atom stereocenters. The molecule has 7 heteroatoms. The minimum Gasteiger partial charge on any atom is -0.465 e. The van der Waals surface area contributed by atoms with Crippen LogP contribution in [0.4, 0.5) is 5.69 Å². The van der Waals surface area contributed by atoms with Crippen molar-refractivity contribution in [2.24, 2.45) is 0 Å². The molecule has 35 heavy (non-hydrogen) atoms. The van der Waals surface area contributed by atoms with E-state index < -0.39 is 0 Å². The molecule has 3 aromatic heterocycles. The molecule has 4 aromatic rings. The fraction of sp³-hybridized carbons (Fsp3) is 0.321. The second-order valence-corrected chi connectivity index (χ2v) is 9.52. The molecule has 178 valence electrons. The first kappa shape index (κ1) is 21.8. The second kappa shape index (κ2) is 9.15. The van der Waals surface area contributed by atoms with Crippen molar-refractivity contribution in [2.45, 2.75) is 38.0 Å². The van der Waals surface area contributed by atoms with Crippen LogP contribution in [0.3, 0.4) is 0 Å². The first-order valence-corrected chi connectivity index (χ1v) is 12.2. The topological polar surface area (TPSA) is 63.5 Å². The van der Waals surface area contributed by atoms with Crippen LogP contribution in [-0.4, -0.2) is 57.7 Å². The minimum absolute atomic E-state index is 0.316. The molecule has 5 heterocycles. The highest BCUT2D eigenvalue weighted by Crippen LogP contribution is 2.36. The molecule has 2 fully saturated rings. The molecule has 6 rings (SSSR count). The molecule has 2 bridgehead atoms. The number of fused-ring (bicyclic) bond motifs is 3. The Hall–Kier alpha value is -3.71. The fourth-order valence-corrected chi connectivity index (χ4v) is 5.69. The van der Waals surface area contributed by atoms with Crippen LogP contribution in [0.25, 0.3) is 11.0 Å². The summed E-state index contributed by atoms with van der Waals surface area (Å²) in [5.74, 6) is -0.316. The number of hydrogen-bond acceptors (Lipinski definition) is 6. The van der Waals surface area contributed by atoms with E-state index in [9.17, 15) is 4.79 Å². The number of hydrogen-bond donors (Lipinski definition) is 0. The van der Waals surface area contributed by atoms with Gasteiger partial charge < -0.3 is 14.2 Å². The Balaban J connectivity index is 1.21. The SMILES string of the molecule is COC(=O)c1ccc(Cn2ccc3c(N4C[C@H]5CC[C@@H](C4)N5Cc4cccnc4)ccnc32)cc1. The molecular formula is C28H29N5O2. The van der Waals surface area contributed by atoms with Crippen LogP contribution in [0.5, 0.6) is 0 Å². The number of anilines is 1. The lowest BCUT2D eigenvalue weighted by molar-refractivity contribution is 0.0600. The van der Waals surface area contributed by atoms with Crippen LogP contribution in [0.15, 0.2) is 73.3 Å². The number of benzene rings is 1. The summed E-state index contributed by atoms with van der Waals surface area (Å²) in [6, 6.07) is 17.2. The Kier molecular flexibility index (Phi) is 5.70.